The Balaban J connectivity index is 1.39. The van der Waals surface area contributed by atoms with E-state index in [1.54, 1.807) is 14.2 Å². The molecule has 2 atom stereocenters. The predicted octanol–water partition coefficient (Wildman–Crippen LogP) is 3.67. The summed E-state index contributed by atoms with van der Waals surface area (Å²) in [5.41, 5.74) is 8.38. The monoisotopic (exact) mass is 458 g/mol. The Bertz CT molecular complexity index is 856. The van der Waals surface area contributed by atoms with Gasteiger partial charge in [0.25, 0.3) is 0 Å². The lowest BCUT2D eigenvalue weighted by Crippen LogP contribution is -2.35. The number of methoxy groups -OCH3 is 2. The molecule has 3 rings (SSSR count). The van der Waals surface area contributed by atoms with Crippen LogP contribution in [0.4, 0.5) is 0 Å². The average Bonchev–Trinajstić information content (AvgIpc) is 3.19. The molecule has 0 saturated carbocycles. The Morgan fingerprint density at radius 3 is 2.48 bits per heavy atom. The summed E-state index contributed by atoms with van der Waals surface area (Å²) < 4.78 is 28.0. The molecule has 1 heterocycles. The molecular formula is C26H38N2O5. The number of rotatable bonds is 13. The van der Waals surface area contributed by atoms with Crippen molar-refractivity contribution in [3.05, 3.63) is 53.6 Å². The fourth-order valence-corrected chi connectivity index (χ4v) is 3.89. The van der Waals surface area contributed by atoms with Crippen molar-refractivity contribution >= 4 is 0 Å². The molecule has 1 aliphatic heterocycles. The van der Waals surface area contributed by atoms with E-state index in [9.17, 15) is 0 Å². The van der Waals surface area contributed by atoms with Gasteiger partial charge in [0.2, 0.25) is 0 Å². The van der Waals surface area contributed by atoms with Gasteiger partial charge in [-0.1, -0.05) is 18.2 Å². The number of nitrogens with one attached hydrogen (secondary N) is 1. The normalized spacial score (nSPS) is 18.2. The van der Waals surface area contributed by atoms with Crippen LogP contribution in [-0.2, 0) is 22.4 Å². The van der Waals surface area contributed by atoms with Gasteiger partial charge in [0.1, 0.15) is 30.0 Å². The standard InChI is InChI=1S/C26H38N2O5/c1-26(2)32-18-24(33-26)17-31-22-11-8-19(9-12-22)6-5-7-21(15-27)28-16-20-10-13-23(29-3)14-25(20)30-4/h8-14,21,24,28H,5-7,15-18,27H2,1-4H3/t21?,24-/m0/s1. The number of benzene rings is 2. The van der Waals surface area contributed by atoms with Crippen LogP contribution < -0.4 is 25.3 Å². The van der Waals surface area contributed by atoms with E-state index >= 15 is 0 Å². The maximum absolute atomic E-state index is 6.00. The third-order valence-corrected chi connectivity index (χ3v) is 5.80. The second-order valence-electron chi connectivity index (χ2n) is 8.79. The van der Waals surface area contributed by atoms with Crippen molar-refractivity contribution in [2.45, 2.75) is 57.6 Å². The van der Waals surface area contributed by atoms with Gasteiger partial charge in [-0.15, -0.1) is 0 Å². The Kier molecular flexibility index (Phi) is 9.38. The van der Waals surface area contributed by atoms with E-state index in [-0.39, 0.29) is 12.1 Å². The lowest BCUT2D eigenvalue weighted by Gasteiger charge is -2.18. The minimum atomic E-state index is -0.519. The van der Waals surface area contributed by atoms with Crippen LogP contribution in [0.15, 0.2) is 42.5 Å². The van der Waals surface area contributed by atoms with Crippen LogP contribution in [0.2, 0.25) is 0 Å². The van der Waals surface area contributed by atoms with Gasteiger partial charge in [-0.2, -0.15) is 0 Å². The summed E-state index contributed by atoms with van der Waals surface area (Å²) in [7, 11) is 3.33. The highest BCUT2D eigenvalue weighted by molar-refractivity contribution is 5.40. The zero-order valence-electron chi connectivity index (χ0n) is 20.3. The number of nitrogens with two attached hydrogens (primary N) is 1. The van der Waals surface area contributed by atoms with Gasteiger partial charge in [0.15, 0.2) is 5.79 Å². The smallest absolute Gasteiger partial charge is 0.163 e. The van der Waals surface area contributed by atoms with Crippen molar-refractivity contribution in [1.29, 1.82) is 0 Å². The van der Waals surface area contributed by atoms with Crippen molar-refractivity contribution in [3.8, 4) is 17.2 Å². The minimum absolute atomic E-state index is 0.0294. The number of hydrogen-bond donors (Lipinski definition) is 2. The summed E-state index contributed by atoms with van der Waals surface area (Å²) in [6, 6.07) is 14.4. The molecule has 1 fully saturated rings. The van der Waals surface area contributed by atoms with Crippen molar-refractivity contribution in [2.24, 2.45) is 5.73 Å². The van der Waals surface area contributed by atoms with E-state index in [4.69, 9.17) is 29.4 Å². The van der Waals surface area contributed by atoms with Crippen LogP contribution in [-0.4, -0.2) is 51.9 Å². The molecule has 33 heavy (non-hydrogen) atoms. The van der Waals surface area contributed by atoms with Crippen LogP contribution in [0.3, 0.4) is 0 Å². The molecule has 0 amide bonds. The third-order valence-electron chi connectivity index (χ3n) is 5.80. The molecule has 2 aromatic rings. The lowest BCUT2D eigenvalue weighted by molar-refractivity contribution is -0.141. The van der Waals surface area contributed by atoms with E-state index in [2.05, 4.69) is 17.4 Å². The Hall–Kier alpha value is -2.32. The number of ether oxygens (including phenoxy) is 5. The first-order valence-electron chi connectivity index (χ1n) is 11.6. The molecule has 0 radical (unpaired) electrons. The fourth-order valence-electron chi connectivity index (χ4n) is 3.89. The van der Waals surface area contributed by atoms with Crippen molar-refractivity contribution in [3.63, 3.8) is 0 Å². The molecule has 7 nitrogen and oxygen atoms in total. The second kappa shape index (κ2) is 12.2. The van der Waals surface area contributed by atoms with E-state index in [1.807, 2.05) is 44.2 Å². The summed E-state index contributed by atoms with van der Waals surface area (Å²) in [6.45, 7) is 6.19. The number of aryl methyl sites for hydroxylation is 1. The molecule has 7 heteroatoms. The maximum Gasteiger partial charge on any atom is 0.163 e. The Labute approximate surface area is 197 Å². The predicted molar refractivity (Wildman–Crippen MR) is 129 cm³/mol. The first-order chi connectivity index (χ1) is 15.9. The van der Waals surface area contributed by atoms with Gasteiger partial charge in [-0.25, -0.2) is 0 Å². The molecule has 3 N–H and O–H groups in total. The Morgan fingerprint density at radius 2 is 1.85 bits per heavy atom. The minimum Gasteiger partial charge on any atom is -0.497 e. The second-order valence-corrected chi connectivity index (χ2v) is 8.79. The van der Waals surface area contributed by atoms with Gasteiger partial charge < -0.3 is 34.7 Å². The first kappa shape index (κ1) is 25.3. The largest absolute Gasteiger partial charge is 0.497 e. The SMILES string of the molecule is COc1ccc(CNC(CN)CCCc2ccc(OC[C@H]3COC(C)(C)O3)cc2)c(OC)c1. The topological polar surface area (TPSA) is 84.2 Å². The van der Waals surface area contributed by atoms with Crippen LogP contribution in [0.5, 0.6) is 17.2 Å². The van der Waals surface area contributed by atoms with Crippen LogP contribution in [0, 0.1) is 0 Å². The van der Waals surface area contributed by atoms with Crippen LogP contribution in [0.25, 0.3) is 0 Å². The zero-order valence-corrected chi connectivity index (χ0v) is 20.3. The van der Waals surface area contributed by atoms with Crippen molar-refractivity contribution in [1.82, 2.24) is 5.32 Å². The molecule has 0 aromatic heterocycles. The lowest BCUT2D eigenvalue weighted by atomic mass is 10.0. The molecule has 1 saturated heterocycles. The highest BCUT2D eigenvalue weighted by Gasteiger charge is 2.32. The average molecular weight is 459 g/mol. The molecule has 2 aromatic carbocycles. The molecule has 182 valence electrons. The fraction of sp³-hybridized carbons (Fsp3) is 0.538. The highest BCUT2D eigenvalue weighted by atomic mass is 16.7. The maximum atomic E-state index is 6.00. The quantitative estimate of drug-likeness (QED) is 0.474. The zero-order chi connectivity index (χ0) is 23.7. The van der Waals surface area contributed by atoms with Crippen molar-refractivity contribution < 1.29 is 23.7 Å². The van der Waals surface area contributed by atoms with Gasteiger partial charge in [-0.05, 0) is 56.9 Å². The Morgan fingerprint density at radius 1 is 1.09 bits per heavy atom. The molecular weight excluding hydrogens is 420 g/mol. The van der Waals surface area contributed by atoms with Crippen LogP contribution >= 0.6 is 0 Å². The van der Waals surface area contributed by atoms with E-state index < -0.39 is 5.79 Å². The van der Waals surface area contributed by atoms with Crippen molar-refractivity contribution in [2.75, 3.05) is 34.0 Å². The summed E-state index contributed by atoms with van der Waals surface area (Å²) in [5, 5.41) is 3.55. The van der Waals surface area contributed by atoms with E-state index in [0.717, 1.165) is 42.1 Å². The van der Waals surface area contributed by atoms with Gasteiger partial charge >= 0.3 is 0 Å². The summed E-state index contributed by atoms with van der Waals surface area (Å²) in [6.07, 6.45) is 3.02. The van der Waals surface area contributed by atoms with Gasteiger partial charge in [0.05, 0.1) is 20.8 Å². The molecule has 0 bridgehead atoms. The highest BCUT2D eigenvalue weighted by Crippen LogP contribution is 2.25. The molecule has 0 spiro atoms. The summed E-state index contributed by atoms with van der Waals surface area (Å²) >= 11 is 0. The molecule has 0 aliphatic carbocycles. The van der Waals surface area contributed by atoms with Crippen LogP contribution in [0.1, 0.15) is 37.8 Å². The summed E-state index contributed by atoms with van der Waals surface area (Å²) in [4.78, 5) is 0. The third kappa shape index (κ3) is 7.89. The number of hydrogen-bond acceptors (Lipinski definition) is 7. The van der Waals surface area contributed by atoms with E-state index in [0.29, 0.717) is 26.3 Å². The van der Waals surface area contributed by atoms with E-state index in [1.165, 1.54) is 5.56 Å². The summed E-state index contributed by atoms with van der Waals surface area (Å²) in [5.74, 6) is 1.93. The first-order valence-corrected chi connectivity index (χ1v) is 11.6. The molecule has 1 unspecified atom stereocenters. The molecule has 1 aliphatic rings. The van der Waals surface area contributed by atoms with Gasteiger partial charge in [0, 0.05) is 30.8 Å². The van der Waals surface area contributed by atoms with Gasteiger partial charge in [-0.3, -0.25) is 0 Å².